The minimum Gasteiger partial charge on any atom is -0.494 e. The van der Waals surface area contributed by atoms with Crippen molar-refractivity contribution in [2.45, 2.75) is 18.9 Å². The zero-order valence-corrected chi connectivity index (χ0v) is 19.7. The molecule has 37 heavy (non-hydrogen) atoms. The quantitative estimate of drug-likeness (QED) is 0.207. The molecule has 1 saturated carbocycles. The molecule has 0 saturated heterocycles. The molecule has 1 atom stereocenters. The number of aliphatic hydroxyl groups excluding tert-OH is 2. The van der Waals surface area contributed by atoms with Gasteiger partial charge < -0.3 is 41.1 Å². The van der Waals surface area contributed by atoms with E-state index in [9.17, 15) is 19.5 Å². The van der Waals surface area contributed by atoms with E-state index in [4.69, 9.17) is 20.0 Å². The fourth-order valence-corrected chi connectivity index (χ4v) is 3.34. The second-order valence-electron chi connectivity index (χ2n) is 8.21. The maximum Gasteiger partial charge on any atom is 0.288 e. The molecule has 1 aliphatic carbocycles. The van der Waals surface area contributed by atoms with Crippen molar-refractivity contribution >= 4 is 34.9 Å². The van der Waals surface area contributed by atoms with Crippen LogP contribution in [0, 0.1) is 5.92 Å². The van der Waals surface area contributed by atoms with Crippen LogP contribution in [0.1, 0.15) is 33.9 Å². The minimum absolute atomic E-state index is 0.0571. The van der Waals surface area contributed by atoms with Crippen LogP contribution in [0.2, 0.25) is 0 Å². The molecule has 1 fully saturated rings. The van der Waals surface area contributed by atoms with E-state index in [1.165, 1.54) is 19.4 Å². The first-order valence-corrected chi connectivity index (χ1v) is 11.3. The molecule has 2 heterocycles. The third-order valence-electron chi connectivity index (χ3n) is 5.38. The first-order chi connectivity index (χ1) is 17.8. The number of amides is 3. The number of anilines is 3. The number of carbonyl (C=O) groups is 3. The predicted octanol–water partition coefficient (Wildman–Crippen LogP) is 0.414. The van der Waals surface area contributed by atoms with E-state index in [0.717, 1.165) is 12.8 Å². The van der Waals surface area contributed by atoms with E-state index in [1.807, 2.05) is 0 Å². The first kappa shape index (κ1) is 25.5. The standard InChI is InChI=1S/C23H25N7O7/c1-36-19-13(23-26-9-16(37-23)22(35)25-8-12(32)10-31)3-2-4-14(19)27-15-7-17(28-21(34)11-5-6-11)29-30-18(15)20(24)33/h2-4,7,9,11-12,31-32H,5-6,8,10H2,1H3,(H2,24,33)(H,25,35)(H2,27,28,29,34). The molecule has 194 valence electrons. The Morgan fingerprint density at radius 1 is 1.24 bits per heavy atom. The number of nitrogens with one attached hydrogen (secondary N) is 3. The Bertz CT molecular complexity index is 1320. The van der Waals surface area contributed by atoms with Crippen molar-refractivity contribution in [3.63, 3.8) is 0 Å². The molecule has 14 heteroatoms. The fraction of sp³-hybridized carbons (Fsp3) is 0.304. The van der Waals surface area contributed by atoms with Crippen LogP contribution in [-0.4, -0.2) is 69.5 Å². The smallest absolute Gasteiger partial charge is 0.288 e. The van der Waals surface area contributed by atoms with Crippen molar-refractivity contribution in [2.24, 2.45) is 11.7 Å². The van der Waals surface area contributed by atoms with Gasteiger partial charge in [0.05, 0.1) is 43.0 Å². The first-order valence-electron chi connectivity index (χ1n) is 11.3. The zero-order valence-electron chi connectivity index (χ0n) is 19.7. The van der Waals surface area contributed by atoms with Crippen LogP contribution in [0.4, 0.5) is 17.2 Å². The molecule has 3 aromatic rings. The normalized spacial score (nSPS) is 13.5. The van der Waals surface area contributed by atoms with Crippen molar-refractivity contribution in [1.29, 1.82) is 0 Å². The molecular weight excluding hydrogens is 486 g/mol. The Morgan fingerprint density at radius 2 is 2.03 bits per heavy atom. The molecule has 0 radical (unpaired) electrons. The number of aliphatic hydroxyl groups is 2. The second kappa shape index (κ2) is 11.0. The van der Waals surface area contributed by atoms with Gasteiger partial charge in [-0.2, -0.15) is 0 Å². The number of hydrogen-bond donors (Lipinski definition) is 6. The van der Waals surface area contributed by atoms with Crippen LogP contribution in [0.3, 0.4) is 0 Å². The number of carbonyl (C=O) groups excluding carboxylic acids is 3. The number of rotatable bonds is 11. The predicted molar refractivity (Wildman–Crippen MR) is 129 cm³/mol. The summed E-state index contributed by atoms with van der Waals surface area (Å²) in [6.07, 6.45) is 1.72. The molecule has 1 aromatic carbocycles. The molecule has 14 nitrogen and oxygen atoms in total. The van der Waals surface area contributed by atoms with Crippen LogP contribution in [0.15, 0.2) is 34.9 Å². The SMILES string of the molecule is COc1c(Nc2cc(NC(=O)C3CC3)nnc2C(N)=O)cccc1-c1ncc(C(=O)NCC(O)CO)o1. The van der Waals surface area contributed by atoms with Gasteiger partial charge in [-0.25, -0.2) is 4.98 Å². The lowest BCUT2D eigenvalue weighted by Gasteiger charge is -2.15. The fourth-order valence-electron chi connectivity index (χ4n) is 3.34. The van der Waals surface area contributed by atoms with Gasteiger partial charge in [0.1, 0.15) is 0 Å². The van der Waals surface area contributed by atoms with E-state index in [2.05, 4.69) is 31.1 Å². The molecule has 7 N–H and O–H groups in total. The van der Waals surface area contributed by atoms with Crippen molar-refractivity contribution in [3.8, 4) is 17.2 Å². The Kier molecular flexibility index (Phi) is 7.60. The van der Waals surface area contributed by atoms with E-state index in [0.29, 0.717) is 11.3 Å². The van der Waals surface area contributed by atoms with Gasteiger partial charge in [0.15, 0.2) is 17.3 Å². The van der Waals surface area contributed by atoms with Crippen LogP contribution < -0.4 is 26.4 Å². The lowest BCUT2D eigenvalue weighted by Crippen LogP contribution is -2.33. The molecule has 0 bridgehead atoms. The molecule has 0 aliphatic heterocycles. The second-order valence-corrected chi connectivity index (χ2v) is 8.21. The highest BCUT2D eigenvalue weighted by Crippen LogP contribution is 2.38. The summed E-state index contributed by atoms with van der Waals surface area (Å²) >= 11 is 0. The van der Waals surface area contributed by atoms with Crippen molar-refractivity contribution in [2.75, 3.05) is 30.9 Å². The van der Waals surface area contributed by atoms with E-state index < -0.39 is 24.5 Å². The Labute approximate surface area is 210 Å². The van der Waals surface area contributed by atoms with Gasteiger partial charge >= 0.3 is 0 Å². The number of ether oxygens (including phenoxy) is 1. The number of benzene rings is 1. The summed E-state index contributed by atoms with van der Waals surface area (Å²) < 4.78 is 11.1. The number of nitrogens with zero attached hydrogens (tertiary/aromatic N) is 3. The number of hydrogen-bond acceptors (Lipinski definition) is 11. The molecule has 0 spiro atoms. The van der Waals surface area contributed by atoms with Crippen LogP contribution in [-0.2, 0) is 4.79 Å². The van der Waals surface area contributed by atoms with E-state index in [1.54, 1.807) is 18.2 Å². The Balaban J connectivity index is 1.60. The van der Waals surface area contributed by atoms with Gasteiger partial charge in [-0.15, -0.1) is 10.2 Å². The summed E-state index contributed by atoms with van der Waals surface area (Å²) in [5, 5.41) is 34.1. The van der Waals surface area contributed by atoms with Gasteiger partial charge in [-0.3, -0.25) is 14.4 Å². The lowest BCUT2D eigenvalue weighted by molar-refractivity contribution is -0.117. The Morgan fingerprint density at radius 3 is 2.70 bits per heavy atom. The number of methoxy groups -OCH3 is 1. The highest BCUT2D eigenvalue weighted by atomic mass is 16.5. The largest absolute Gasteiger partial charge is 0.494 e. The minimum atomic E-state index is -1.11. The zero-order chi connectivity index (χ0) is 26.5. The van der Waals surface area contributed by atoms with Crippen molar-refractivity contribution in [3.05, 3.63) is 41.9 Å². The number of para-hydroxylation sites is 1. The van der Waals surface area contributed by atoms with Crippen molar-refractivity contribution in [1.82, 2.24) is 20.5 Å². The van der Waals surface area contributed by atoms with Crippen LogP contribution >= 0.6 is 0 Å². The summed E-state index contributed by atoms with van der Waals surface area (Å²) in [5.41, 5.74) is 6.25. The topological polar surface area (TPSA) is 215 Å². The van der Waals surface area contributed by atoms with Gasteiger partial charge in [-0.1, -0.05) is 6.07 Å². The molecule has 1 aliphatic rings. The third kappa shape index (κ3) is 5.99. The third-order valence-corrected chi connectivity index (χ3v) is 5.38. The van der Waals surface area contributed by atoms with Crippen molar-refractivity contribution < 1.29 is 33.8 Å². The lowest BCUT2D eigenvalue weighted by atomic mass is 10.1. The monoisotopic (exact) mass is 511 g/mol. The summed E-state index contributed by atoms with van der Waals surface area (Å²) in [6, 6.07) is 6.40. The average Bonchev–Trinajstić information content (AvgIpc) is 3.63. The number of nitrogens with two attached hydrogens (primary N) is 1. The summed E-state index contributed by atoms with van der Waals surface area (Å²) in [7, 11) is 1.41. The van der Waals surface area contributed by atoms with Gasteiger partial charge in [0, 0.05) is 18.5 Å². The van der Waals surface area contributed by atoms with E-state index >= 15 is 0 Å². The maximum atomic E-state index is 12.3. The molecular formula is C23H25N7O7. The molecule has 1 unspecified atom stereocenters. The number of oxazole rings is 1. The molecule has 3 amide bonds. The highest BCUT2D eigenvalue weighted by Gasteiger charge is 2.30. The molecule has 4 rings (SSSR count). The highest BCUT2D eigenvalue weighted by molar-refractivity contribution is 5.99. The summed E-state index contributed by atoms with van der Waals surface area (Å²) in [4.78, 5) is 40.5. The molecule has 2 aromatic heterocycles. The van der Waals surface area contributed by atoms with Crippen LogP contribution in [0.5, 0.6) is 5.75 Å². The maximum absolute atomic E-state index is 12.3. The summed E-state index contributed by atoms with van der Waals surface area (Å²) in [6.45, 7) is -0.670. The Hall–Kier alpha value is -4.56. The summed E-state index contributed by atoms with van der Waals surface area (Å²) in [5.74, 6) is -1.34. The number of aromatic nitrogens is 3. The average molecular weight is 511 g/mol. The van der Waals surface area contributed by atoms with Gasteiger partial charge in [0.2, 0.25) is 17.6 Å². The van der Waals surface area contributed by atoms with E-state index in [-0.39, 0.29) is 53.0 Å². The van der Waals surface area contributed by atoms with Crippen LogP contribution in [0.25, 0.3) is 11.5 Å². The van der Waals surface area contributed by atoms with Gasteiger partial charge in [-0.05, 0) is 25.0 Å². The van der Waals surface area contributed by atoms with Gasteiger partial charge in [0.25, 0.3) is 11.8 Å². The number of primary amides is 1.